The van der Waals surface area contributed by atoms with Gasteiger partial charge in [-0.2, -0.15) is 0 Å². The van der Waals surface area contributed by atoms with Gasteiger partial charge in [-0.1, -0.05) is 49.0 Å². The van der Waals surface area contributed by atoms with Crippen LogP contribution in [0.5, 0.6) is 0 Å². The Morgan fingerprint density at radius 1 is 1.24 bits per heavy atom. The maximum atomic E-state index is 6.29. The summed E-state index contributed by atoms with van der Waals surface area (Å²) in [5.41, 5.74) is 9.08. The Morgan fingerprint density at radius 2 is 2.08 bits per heavy atom. The fourth-order valence-electron chi connectivity index (χ4n) is 3.43. The number of anilines is 1. The van der Waals surface area contributed by atoms with Gasteiger partial charge in [0.1, 0.15) is 23.7 Å². The molecule has 0 fully saturated rings. The monoisotopic (exact) mass is 371 g/mol. The highest BCUT2D eigenvalue weighted by Crippen LogP contribution is 2.35. The Kier molecular flexibility index (Phi) is 4.92. The second-order valence-corrected chi connectivity index (χ2v) is 8.66. The Labute approximate surface area is 156 Å². The average Bonchev–Trinajstić information content (AvgIpc) is 2.98. The molecule has 1 atom stereocenters. The van der Waals surface area contributed by atoms with Gasteiger partial charge in [0.15, 0.2) is 5.16 Å². The van der Waals surface area contributed by atoms with Crippen LogP contribution in [0.1, 0.15) is 29.3 Å². The van der Waals surface area contributed by atoms with Gasteiger partial charge in [0, 0.05) is 17.7 Å². The number of nitrogen functional groups attached to an aromatic ring is 1. The number of hydrogen-bond acceptors (Lipinski definition) is 5. The van der Waals surface area contributed by atoms with Crippen LogP contribution in [0.2, 0.25) is 0 Å². The first-order chi connectivity index (χ1) is 12.2. The molecule has 0 bridgehead atoms. The van der Waals surface area contributed by atoms with Crippen LogP contribution in [0.25, 0.3) is 10.2 Å². The van der Waals surface area contributed by atoms with E-state index in [9.17, 15) is 0 Å². The number of nitrogens with two attached hydrogens (primary N) is 1. The van der Waals surface area contributed by atoms with Crippen molar-refractivity contribution in [3.8, 4) is 0 Å². The van der Waals surface area contributed by atoms with E-state index >= 15 is 0 Å². The second kappa shape index (κ2) is 7.32. The predicted molar refractivity (Wildman–Crippen MR) is 106 cm³/mol. The summed E-state index contributed by atoms with van der Waals surface area (Å²) in [5, 5.41) is 1.93. The molecule has 6 heteroatoms. The minimum Gasteiger partial charge on any atom is -0.383 e. The summed E-state index contributed by atoms with van der Waals surface area (Å²) in [6.07, 6.45) is 2.18. The van der Waals surface area contributed by atoms with Gasteiger partial charge in [0.05, 0.1) is 16.8 Å². The minimum atomic E-state index is 0.660. The molecule has 3 aromatic rings. The van der Waals surface area contributed by atoms with E-state index in [0.717, 1.165) is 53.6 Å². The molecule has 1 unspecified atom stereocenters. The standard InChI is InChI=1S/C19H22N4S2/c1-2-10-24-19-21-17(20)16-14-8-9-23(11-13-6-4-3-5-7-13)12-15(14)25-18(16)22-19/h3-7H,2,8-12H2,1H3,(H2,20,21,22)/p+1. The number of nitrogens with one attached hydrogen (secondary N) is 1. The summed E-state index contributed by atoms with van der Waals surface area (Å²) in [7, 11) is 0. The van der Waals surface area contributed by atoms with E-state index in [0.29, 0.717) is 5.82 Å². The van der Waals surface area contributed by atoms with E-state index in [4.69, 9.17) is 10.7 Å². The predicted octanol–water partition coefficient (Wildman–Crippen LogP) is 2.92. The van der Waals surface area contributed by atoms with Crippen LogP contribution in [-0.2, 0) is 19.5 Å². The largest absolute Gasteiger partial charge is 0.383 e. The Balaban J connectivity index is 1.60. The van der Waals surface area contributed by atoms with Crippen molar-refractivity contribution in [2.45, 2.75) is 38.0 Å². The molecule has 0 radical (unpaired) electrons. The third-order valence-electron chi connectivity index (χ3n) is 4.61. The highest BCUT2D eigenvalue weighted by molar-refractivity contribution is 7.99. The highest BCUT2D eigenvalue weighted by atomic mass is 32.2. The summed E-state index contributed by atoms with van der Waals surface area (Å²) in [6.45, 7) is 5.44. The molecule has 1 aliphatic rings. The van der Waals surface area contributed by atoms with E-state index in [1.165, 1.54) is 16.0 Å². The number of aromatic nitrogens is 2. The second-order valence-electron chi connectivity index (χ2n) is 6.51. The maximum absolute atomic E-state index is 6.29. The van der Waals surface area contributed by atoms with Crippen LogP contribution in [0, 0.1) is 0 Å². The minimum absolute atomic E-state index is 0.660. The number of benzene rings is 1. The van der Waals surface area contributed by atoms with E-state index < -0.39 is 0 Å². The molecule has 25 heavy (non-hydrogen) atoms. The van der Waals surface area contributed by atoms with Crippen LogP contribution in [-0.4, -0.2) is 22.3 Å². The van der Waals surface area contributed by atoms with Crippen molar-refractivity contribution in [2.75, 3.05) is 18.0 Å². The van der Waals surface area contributed by atoms with Crippen molar-refractivity contribution in [1.29, 1.82) is 0 Å². The summed E-state index contributed by atoms with van der Waals surface area (Å²) < 4.78 is 0. The lowest BCUT2D eigenvalue weighted by Crippen LogP contribution is -3.10. The lowest BCUT2D eigenvalue weighted by atomic mass is 10.0. The molecule has 3 N–H and O–H groups in total. The van der Waals surface area contributed by atoms with Crippen molar-refractivity contribution in [3.05, 3.63) is 46.3 Å². The lowest BCUT2D eigenvalue weighted by Gasteiger charge is -2.24. The SMILES string of the molecule is CCCSc1nc(N)c2c3c(sc2n1)C[NH+](Cc1ccccc1)CC3. The average molecular weight is 372 g/mol. The van der Waals surface area contributed by atoms with Crippen LogP contribution in [0.4, 0.5) is 5.82 Å². The smallest absolute Gasteiger partial charge is 0.190 e. The van der Waals surface area contributed by atoms with Gasteiger partial charge in [-0.15, -0.1) is 11.3 Å². The van der Waals surface area contributed by atoms with Crippen LogP contribution in [0.3, 0.4) is 0 Å². The zero-order valence-electron chi connectivity index (χ0n) is 14.4. The normalized spacial score (nSPS) is 16.9. The van der Waals surface area contributed by atoms with E-state index in [1.54, 1.807) is 16.7 Å². The number of rotatable bonds is 5. The fourth-order valence-corrected chi connectivity index (χ4v) is 5.49. The first-order valence-corrected chi connectivity index (χ1v) is 10.6. The quantitative estimate of drug-likeness (QED) is 0.535. The number of hydrogen-bond donors (Lipinski definition) is 2. The van der Waals surface area contributed by atoms with E-state index in [1.807, 2.05) is 11.3 Å². The Hall–Kier alpha value is -1.63. The van der Waals surface area contributed by atoms with Gasteiger partial charge in [0.2, 0.25) is 0 Å². The topological polar surface area (TPSA) is 56.2 Å². The Morgan fingerprint density at radius 3 is 2.88 bits per heavy atom. The molecule has 4 rings (SSSR count). The maximum Gasteiger partial charge on any atom is 0.190 e. The molecule has 1 aliphatic heterocycles. The molecular weight excluding hydrogens is 348 g/mol. The highest BCUT2D eigenvalue weighted by Gasteiger charge is 2.26. The third-order valence-corrected chi connectivity index (χ3v) is 6.79. The summed E-state index contributed by atoms with van der Waals surface area (Å²) in [5.74, 6) is 1.69. The molecule has 0 aliphatic carbocycles. The zero-order valence-corrected chi connectivity index (χ0v) is 16.1. The molecule has 0 saturated heterocycles. The summed E-state index contributed by atoms with van der Waals surface area (Å²) in [6, 6.07) is 10.8. The summed E-state index contributed by atoms with van der Waals surface area (Å²) in [4.78, 5) is 13.4. The molecule has 3 heterocycles. The van der Waals surface area contributed by atoms with Gasteiger partial charge < -0.3 is 10.6 Å². The van der Waals surface area contributed by atoms with Gasteiger partial charge in [-0.25, -0.2) is 9.97 Å². The van der Waals surface area contributed by atoms with E-state index in [-0.39, 0.29) is 0 Å². The van der Waals surface area contributed by atoms with Crippen molar-refractivity contribution >= 4 is 39.1 Å². The fraction of sp³-hybridized carbons (Fsp3) is 0.368. The van der Waals surface area contributed by atoms with Crippen molar-refractivity contribution in [3.63, 3.8) is 0 Å². The van der Waals surface area contributed by atoms with Gasteiger partial charge in [-0.3, -0.25) is 0 Å². The molecule has 0 saturated carbocycles. The van der Waals surface area contributed by atoms with Gasteiger partial charge >= 0.3 is 0 Å². The number of thiophene rings is 1. The van der Waals surface area contributed by atoms with Crippen molar-refractivity contribution in [2.24, 2.45) is 0 Å². The lowest BCUT2D eigenvalue weighted by molar-refractivity contribution is -0.929. The third kappa shape index (κ3) is 3.52. The van der Waals surface area contributed by atoms with Crippen LogP contribution < -0.4 is 10.6 Å². The molecule has 1 aromatic carbocycles. The zero-order chi connectivity index (χ0) is 17.2. The number of fused-ring (bicyclic) bond motifs is 3. The molecular formula is C19H23N4S2+. The van der Waals surface area contributed by atoms with Gasteiger partial charge in [0.25, 0.3) is 0 Å². The van der Waals surface area contributed by atoms with Crippen LogP contribution >= 0.6 is 23.1 Å². The molecule has 0 spiro atoms. The molecule has 0 amide bonds. The number of quaternary nitrogens is 1. The Bertz CT molecular complexity index is 876. The van der Waals surface area contributed by atoms with Crippen molar-refractivity contribution < 1.29 is 4.90 Å². The first kappa shape index (κ1) is 16.8. The summed E-state index contributed by atoms with van der Waals surface area (Å²) >= 11 is 3.51. The molecule has 130 valence electrons. The first-order valence-electron chi connectivity index (χ1n) is 8.82. The molecule has 2 aromatic heterocycles. The number of nitrogens with zero attached hydrogens (tertiary/aromatic N) is 2. The van der Waals surface area contributed by atoms with Gasteiger partial charge in [-0.05, 0) is 12.0 Å². The molecule has 4 nitrogen and oxygen atoms in total. The van der Waals surface area contributed by atoms with Crippen molar-refractivity contribution in [1.82, 2.24) is 9.97 Å². The van der Waals surface area contributed by atoms with E-state index in [2.05, 4.69) is 42.2 Å². The van der Waals surface area contributed by atoms with Crippen LogP contribution in [0.15, 0.2) is 35.5 Å². The number of thioether (sulfide) groups is 1.